The van der Waals surface area contributed by atoms with Gasteiger partial charge in [0.2, 0.25) is 5.91 Å². The molecule has 1 aromatic carbocycles. The number of carbonyl (C=O) groups excluding carboxylic acids is 1. The van der Waals surface area contributed by atoms with Gasteiger partial charge < -0.3 is 10.0 Å². The molecule has 0 saturated carbocycles. The zero-order valence-corrected chi connectivity index (χ0v) is 11.7. The van der Waals surface area contributed by atoms with Crippen LogP contribution in [-0.4, -0.2) is 35.5 Å². The van der Waals surface area contributed by atoms with E-state index in [1.807, 2.05) is 24.3 Å². The number of nitrogens with zero attached hydrogens (tertiary/aromatic N) is 1. The number of benzene rings is 1. The predicted octanol–water partition coefficient (Wildman–Crippen LogP) is 1.77. The number of likely N-dealkylation sites (N-methyl/N-ethyl adjacent to an activating group) is 1. The topological polar surface area (TPSA) is 57.6 Å². The van der Waals surface area contributed by atoms with Gasteiger partial charge in [-0.15, -0.1) is 0 Å². The summed E-state index contributed by atoms with van der Waals surface area (Å²) in [6, 6.07) is 7.71. The SMILES string of the molecule is CN(CCC(=O)O)C(=O)Cc1cccc(I)c1. The fourth-order valence-electron chi connectivity index (χ4n) is 1.34. The summed E-state index contributed by atoms with van der Waals surface area (Å²) >= 11 is 2.19. The molecule has 0 radical (unpaired) electrons. The maximum atomic E-state index is 11.8. The van der Waals surface area contributed by atoms with Crippen molar-refractivity contribution in [2.75, 3.05) is 13.6 Å². The molecule has 17 heavy (non-hydrogen) atoms. The van der Waals surface area contributed by atoms with Crippen molar-refractivity contribution in [2.45, 2.75) is 12.8 Å². The Kier molecular flexibility index (Phi) is 5.40. The van der Waals surface area contributed by atoms with E-state index < -0.39 is 5.97 Å². The maximum Gasteiger partial charge on any atom is 0.305 e. The third kappa shape index (κ3) is 5.16. The van der Waals surface area contributed by atoms with Gasteiger partial charge in [0.05, 0.1) is 12.8 Å². The van der Waals surface area contributed by atoms with E-state index >= 15 is 0 Å². The van der Waals surface area contributed by atoms with Crippen molar-refractivity contribution in [3.63, 3.8) is 0 Å². The minimum Gasteiger partial charge on any atom is -0.481 e. The highest BCUT2D eigenvalue weighted by atomic mass is 127. The van der Waals surface area contributed by atoms with Crippen LogP contribution < -0.4 is 0 Å². The molecule has 0 aliphatic carbocycles. The highest BCUT2D eigenvalue weighted by Gasteiger charge is 2.10. The predicted molar refractivity (Wildman–Crippen MR) is 72.8 cm³/mol. The molecule has 0 aromatic heterocycles. The molecule has 0 atom stereocenters. The van der Waals surface area contributed by atoms with Crippen molar-refractivity contribution in [1.82, 2.24) is 4.90 Å². The number of amides is 1. The van der Waals surface area contributed by atoms with Gasteiger partial charge in [-0.25, -0.2) is 0 Å². The van der Waals surface area contributed by atoms with Crippen LogP contribution in [0.4, 0.5) is 0 Å². The fraction of sp³-hybridized carbons (Fsp3) is 0.333. The van der Waals surface area contributed by atoms with Gasteiger partial charge in [-0.05, 0) is 40.3 Å². The normalized spacial score (nSPS) is 10.0. The lowest BCUT2D eigenvalue weighted by Crippen LogP contribution is -2.30. The van der Waals surface area contributed by atoms with Crippen molar-refractivity contribution in [3.8, 4) is 0 Å². The van der Waals surface area contributed by atoms with Crippen LogP contribution in [0.2, 0.25) is 0 Å². The van der Waals surface area contributed by atoms with Crippen LogP contribution in [-0.2, 0) is 16.0 Å². The first kappa shape index (κ1) is 14.0. The Morgan fingerprint density at radius 2 is 2.12 bits per heavy atom. The van der Waals surface area contributed by atoms with Gasteiger partial charge in [0, 0.05) is 17.2 Å². The minimum atomic E-state index is -0.890. The van der Waals surface area contributed by atoms with Gasteiger partial charge >= 0.3 is 5.97 Å². The second-order valence-corrected chi connectivity index (χ2v) is 5.01. The summed E-state index contributed by atoms with van der Waals surface area (Å²) in [6.45, 7) is 0.248. The average Bonchev–Trinajstić information content (AvgIpc) is 2.25. The van der Waals surface area contributed by atoms with Crippen LogP contribution in [0, 0.1) is 3.57 Å². The summed E-state index contributed by atoms with van der Waals surface area (Å²) in [5.74, 6) is -0.952. The Morgan fingerprint density at radius 1 is 1.41 bits per heavy atom. The van der Waals surface area contributed by atoms with Crippen molar-refractivity contribution in [1.29, 1.82) is 0 Å². The Hall–Kier alpha value is -1.11. The molecule has 0 unspecified atom stereocenters. The third-order valence-corrected chi connectivity index (χ3v) is 3.00. The molecule has 1 amide bonds. The van der Waals surface area contributed by atoms with Crippen molar-refractivity contribution >= 4 is 34.5 Å². The Balaban J connectivity index is 2.51. The molecule has 4 nitrogen and oxygen atoms in total. The summed E-state index contributed by atoms with van der Waals surface area (Å²) in [6.07, 6.45) is 0.293. The van der Waals surface area contributed by atoms with E-state index in [9.17, 15) is 9.59 Å². The van der Waals surface area contributed by atoms with Crippen molar-refractivity contribution in [2.24, 2.45) is 0 Å². The van der Waals surface area contributed by atoms with E-state index in [0.717, 1.165) is 9.13 Å². The van der Waals surface area contributed by atoms with E-state index in [4.69, 9.17) is 5.11 Å². The van der Waals surface area contributed by atoms with Crippen molar-refractivity contribution in [3.05, 3.63) is 33.4 Å². The summed E-state index contributed by atoms with van der Waals surface area (Å²) in [4.78, 5) is 23.6. The zero-order chi connectivity index (χ0) is 12.8. The maximum absolute atomic E-state index is 11.8. The molecule has 1 rings (SSSR count). The number of halogens is 1. The lowest BCUT2D eigenvalue weighted by Gasteiger charge is -2.15. The highest BCUT2D eigenvalue weighted by molar-refractivity contribution is 14.1. The first-order valence-electron chi connectivity index (χ1n) is 5.19. The van der Waals surface area contributed by atoms with Crippen LogP contribution in [0.1, 0.15) is 12.0 Å². The van der Waals surface area contributed by atoms with Crippen molar-refractivity contribution < 1.29 is 14.7 Å². The molecule has 0 spiro atoms. The number of aliphatic carboxylic acids is 1. The second kappa shape index (κ2) is 6.58. The zero-order valence-electron chi connectivity index (χ0n) is 9.52. The first-order valence-corrected chi connectivity index (χ1v) is 6.27. The smallest absolute Gasteiger partial charge is 0.305 e. The molecule has 0 bridgehead atoms. The van der Waals surface area contributed by atoms with Crippen LogP contribution >= 0.6 is 22.6 Å². The minimum absolute atomic E-state index is 0.0193. The largest absolute Gasteiger partial charge is 0.481 e. The lowest BCUT2D eigenvalue weighted by molar-refractivity contribution is -0.138. The molecule has 1 N–H and O–H groups in total. The van der Waals surface area contributed by atoms with E-state index in [-0.39, 0.29) is 18.9 Å². The van der Waals surface area contributed by atoms with Gasteiger partial charge in [-0.2, -0.15) is 0 Å². The number of rotatable bonds is 5. The molecule has 0 heterocycles. The molecule has 5 heteroatoms. The standard InChI is InChI=1S/C12H14INO3/c1-14(6-5-12(16)17)11(15)8-9-3-2-4-10(13)7-9/h2-4,7H,5-6,8H2,1H3,(H,16,17). The van der Waals surface area contributed by atoms with Crippen LogP contribution in [0.5, 0.6) is 0 Å². The van der Waals surface area contributed by atoms with Gasteiger partial charge in [0.25, 0.3) is 0 Å². The Bertz CT molecular complexity index is 420. The first-order chi connectivity index (χ1) is 7.99. The molecule has 0 aliphatic rings. The average molecular weight is 347 g/mol. The quantitative estimate of drug-likeness (QED) is 0.826. The summed E-state index contributed by atoms with van der Waals surface area (Å²) in [7, 11) is 1.62. The third-order valence-electron chi connectivity index (χ3n) is 2.33. The molecular formula is C12H14INO3. The number of carbonyl (C=O) groups is 2. The monoisotopic (exact) mass is 347 g/mol. The number of hydrogen-bond acceptors (Lipinski definition) is 2. The fourth-order valence-corrected chi connectivity index (χ4v) is 1.95. The van der Waals surface area contributed by atoms with Crippen LogP contribution in [0.3, 0.4) is 0 Å². The molecular weight excluding hydrogens is 333 g/mol. The molecule has 0 fully saturated rings. The van der Waals surface area contributed by atoms with Gasteiger partial charge in [-0.3, -0.25) is 9.59 Å². The van der Waals surface area contributed by atoms with E-state index in [0.29, 0.717) is 6.42 Å². The van der Waals surface area contributed by atoms with Gasteiger partial charge in [0.15, 0.2) is 0 Å². The summed E-state index contributed by atoms with van der Waals surface area (Å²) in [5.41, 5.74) is 0.948. The van der Waals surface area contributed by atoms with Crippen LogP contribution in [0.25, 0.3) is 0 Å². The molecule has 0 saturated heterocycles. The Labute approximate surface area is 114 Å². The summed E-state index contributed by atoms with van der Waals surface area (Å²) < 4.78 is 1.08. The molecule has 0 aliphatic heterocycles. The number of hydrogen-bond donors (Lipinski definition) is 1. The second-order valence-electron chi connectivity index (χ2n) is 3.77. The van der Waals surface area contributed by atoms with Crippen LogP contribution in [0.15, 0.2) is 24.3 Å². The number of carboxylic acids is 1. The lowest BCUT2D eigenvalue weighted by atomic mass is 10.1. The van der Waals surface area contributed by atoms with Gasteiger partial charge in [0.1, 0.15) is 0 Å². The van der Waals surface area contributed by atoms with Gasteiger partial charge in [-0.1, -0.05) is 12.1 Å². The molecule has 92 valence electrons. The highest BCUT2D eigenvalue weighted by Crippen LogP contribution is 2.09. The van der Waals surface area contributed by atoms with E-state index in [2.05, 4.69) is 22.6 Å². The van der Waals surface area contributed by atoms with E-state index in [1.165, 1.54) is 4.90 Å². The number of carboxylic acid groups (broad SMARTS) is 1. The van der Waals surface area contributed by atoms with E-state index in [1.54, 1.807) is 7.05 Å². The Morgan fingerprint density at radius 3 is 2.71 bits per heavy atom. The summed E-state index contributed by atoms with van der Waals surface area (Å²) in [5, 5.41) is 8.53. The molecule has 1 aromatic rings.